The van der Waals surface area contributed by atoms with Crippen LogP contribution in [0.2, 0.25) is 5.02 Å². The van der Waals surface area contributed by atoms with Gasteiger partial charge in [-0.15, -0.1) is 0 Å². The second-order valence-electron chi connectivity index (χ2n) is 7.15. The summed E-state index contributed by atoms with van der Waals surface area (Å²) in [5.74, 6) is 0. The minimum Gasteiger partial charge on any atom is -0.320 e. The lowest BCUT2D eigenvalue weighted by atomic mass is 10.1. The number of unbranched alkanes of at least 4 members (excludes halogenated alkanes) is 1. The Balaban J connectivity index is 1.99. The number of anilines is 2. The van der Waals surface area contributed by atoms with E-state index in [0.29, 0.717) is 18.1 Å². The second-order valence-corrected chi connectivity index (χ2v) is 7.55. The summed E-state index contributed by atoms with van der Waals surface area (Å²) in [6, 6.07) is 25.6. The lowest BCUT2D eigenvalue weighted by Crippen LogP contribution is -2.41. The van der Waals surface area contributed by atoms with Gasteiger partial charge in [-0.2, -0.15) is 0 Å². The van der Waals surface area contributed by atoms with Gasteiger partial charge in [0.15, 0.2) is 0 Å². The van der Waals surface area contributed by atoms with Gasteiger partial charge < -0.3 is 4.90 Å². The van der Waals surface area contributed by atoms with E-state index in [2.05, 4.69) is 19.1 Å². The van der Waals surface area contributed by atoms with E-state index >= 15 is 0 Å². The Morgan fingerprint density at radius 3 is 2.17 bits per heavy atom. The molecule has 0 saturated carbocycles. The molecule has 4 heteroatoms. The average molecular weight is 407 g/mol. The maximum Gasteiger partial charge on any atom is 0.329 e. The number of halogens is 1. The van der Waals surface area contributed by atoms with Crippen LogP contribution in [0.5, 0.6) is 0 Å². The van der Waals surface area contributed by atoms with Crippen LogP contribution in [-0.2, 0) is 6.54 Å². The van der Waals surface area contributed by atoms with Gasteiger partial charge in [-0.25, -0.2) is 4.79 Å². The standard InChI is InChI=1S/C25H27ClN2O/c1-3-4-17-27(19-21-11-7-5-8-12-21)25(29)28(22-13-9-6-10-14-22)23-16-15-20(2)24(26)18-23/h5-16,18H,3-4,17,19H2,1-2H3. The summed E-state index contributed by atoms with van der Waals surface area (Å²) in [7, 11) is 0. The molecule has 0 atom stereocenters. The van der Waals surface area contributed by atoms with E-state index in [1.54, 1.807) is 4.90 Å². The fourth-order valence-corrected chi connectivity index (χ4v) is 3.38. The average Bonchev–Trinajstić information content (AvgIpc) is 2.75. The van der Waals surface area contributed by atoms with Gasteiger partial charge >= 0.3 is 6.03 Å². The zero-order valence-electron chi connectivity index (χ0n) is 17.0. The number of hydrogen-bond acceptors (Lipinski definition) is 1. The number of para-hydroxylation sites is 1. The third-order valence-corrected chi connectivity index (χ3v) is 5.29. The molecule has 0 spiro atoms. The highest BCUT2D eigenvalue weighted by molar-refractivity contribution is 6.31. The van der Waals surface area contributed by atoms with Crippen molar-refractivity contribution in [2.75, 3.05) is 11.4 Å². The van der Waals surface area contributed by atoms with Gasteiger partial charge in [-0.1, -0.05) is 79.5 Å². The highest BCUT2D eigenvalue weighted by Crippen LogP contribution is 2.30. The normalized spacial score (nSPS) is 10.6. The van der Waals surface area contributed by atoms with Crippen LogP contribution in [0.1, 0.15) is 30.9 Å². The van der Waals surface area contributed by atoms with Crippen molar-refractivity contribution < 1.29 is 4.79 Å². The Morgan fingerprint density at radius 2 is 1.55 bits per heavy atom. The van der Waals surface area contributed by atoms with Crippen LogP contribution in [0.3, 0.4) is 0 Å². The van der Waals surface area contributed by atoms with Crippen molar-refractivity contribution in [3.05, 3.63) is 95.0 Å². The SMILES string of the molecule is CCCCN(Cc1ccccc1)C(=O)N(c1ccccc1)c1ccc(C)c(Cl)c1. The Kier molecular flexibility index (Phi) is 7.31. The van der Waals surface area contributed by atoms with Crippen LogP contribution in [-0.4, -0.2) is 17.5 Å². The molecule has 0 aliphatic heterocycles. The highest BCUT2D eigenvalue weighted by Gasteiger charge is 2.24. The molecule has 0 fully saturated rings. The molecule has 0 saturated heterocycles. The molecule has 0 aromatic heterocycles. The maximum atomic E-state index is 13.8. The summed E-state index contributed by atoms with van der Waals surface area (Å²) >= 11 is 6.39. The van der Waals surface area contributed by atoms with Crippen molar-refractivity contribution in [2.24, 2.45) is 0 Å². The second kappa shape index (κ2) is 10.1. The fraction of sp³-hybridized carbons (Fsp3) is 0.240. The van der Waals surface area contributed by atoms with Gasteiger partial charge in [-0.05, 0) is 48.7 Å². The molecule has 3 nitrogen and oxygen atoms in total. The number of urea groups is 1. The van der Waals surface area contributed by atoms with E-state index in [9.17, 15) is 4.79 Å². The zero-order chi connectivity index (χ0) is 20.6. The number of carbonyl (C=O) groups excluding carboxylic acids is 1. The number of aryl methyl sites for hydroxylation is 1. The van der Waals surface area contributed by atoms with Crippen LogP contribution in [0.15, 0.2) is 78.9 Å². The molecule has 3 aromatic carbocycles. The Morgan fingerprint density at radius 1 is 0.897 bits per heavy atom. The predicted molar refractivity (Wildman–Crippen MR) is 122 cm³/mol. The van der Waals surface area contributed by atoms with Gasteiger partial charge in [-0.3, -0.25) is 4.90 Å². The molecule has 0 aliphatic carbocycles. The summed E-state index contributed by atoms with van der Waals surface area (Å²) in [5.41, 5.74) is 3.70. The van der Waals surface area contributed by atoms with E-state index in [1.165, 1.54) is 0 Å². The van der Waals surface area contributed by atoms with Crippen LogP contribution in [0, 0.1) is 6.92 Å². The molecule has 2 amide bonds. The van der Waals surface area contributed by atoms with E-state index in [0.717, 1.165) is 35.3 Å². The fourth-order valence-electron chi connectivity index (χ4n) is 3.20. The quantitative estimate of drug-likeness (QED) is 0.406. The van der Waals surface area contributed by atoms with Crippen molar-refractivity contribution in [3.8, 4) is 0 Å². The first kappa shape index (κ1) is 20.9. The molecule has 0 heterocycles. The first-order valence-corrected chi connectivity index (χ1v) is 10.4. The van der Waals surface area contributed by atoms with E-state index in [-0.39, 0.29) is 6.03 Å². The largest absolute Gasteiger partial charge is 0.329 e. The summed E-state index contributed by atoms with van der Waals surface area (Å²) in [6.07, 6.45) is 1.98. The molecule has 150 valence electrons. The first-order valence-electron chi connectivity index (χ1n) is 10.0. The maximum absolute atomic E-state index is 13.8. The molecule has 29 heavy (non-hydrogen) atoms. The van der Waals surface area contributed by atoms with Crippen molar-refractivity contribution in [2.45, 2.75) is 33.2 Å². The van der Waals surface area contributed by atoms with Crippen molar-refractivity contribution >= 4 is 29.0 Å². The molecule has 3 aromatic rings. The third kappa shape index (κ3) is 5.39. The molecule has 0 N–H and O–H groups in total. The number of benzene rings is 3. The van der Waals surface area contributed by atoms with Crippen LogP contribution < -0.4 is 4.90 Å². The topological polar surface area (TPSA) is 23.6 Å². The third-order valence-electron chi connectivity index (χ3n) is 4.89. The van der Waals surface area contributed by atoms with Crippen molar-refractivity contribution in [1.29, 1.82) is 0 Å². The van der Waals surface area contributed by atoms with E-state index < -0.39 is 0 Å². The molecular formula is C25H27ClN2O. The van der Waals surface area contributed by atoms with Crippen LogP contribution in [0.4, 0.5) is 16.2 Å². The molecule has 0 unspecified atom stereocenters. The van der Waals surface area contributed by atoms with Crippen LogP contribution >= 0.6 is 11.6 Å². The summed E-state index contributed by atoms with van der Waals surface area (Å²) in [6.45, 7) is 5.37. The van der Waals surface area contributed by atoms with Crippen molar-refractivity contribution in [3.63, 3.8) is 0 Å². The minimum absolute atomic E-state index is 0.0478. The summed E-state index contributed by atoms with van der Waals surface area (Å²) in [5, 5.41) is 0.652. The Bertz CT molecular complexity index is 928. The number of rotatable bonds is 7. The summed E-state index contributed by atoms with van der Waals surface area (Å²) < 4.78 is 0. The van der Waals surface area contributed by atoms with Crippen molar-refractivity contribution in [1.82, 2.24) is 4.90 Å². The highest BCUT2D eigenvalue weighted by atomic mass is 35.5. The smallest absolute Gasteiger partial charge is 0.320 e. The number of amides is 2. The summed E-state index contributed by atoms with van der Waals surface area (Å²) in [4.78, 5) is 17.4. The number of carbonyl (C=O) groups is 1. The van der Waals surface area contributed by atoms with Gasteiger partial charge in [0.1, 0.15) is 0 Å². The number of nitrogens with zero attached hydrogens (tertiary/aromatic N) is 2. The first-order chi connectivity index (χ1) is 14.1. The predicted octanol–water partition coefficient (Wildman–Crippen LogP) is 7.21. The lowest BCUT2D eigenvalue weighted by Gasteiger charge is -2.31. The molecule has 3 rings (SSSR count). The van der Waals surface area contributed by atoms with Crippen LogP contribution in [0.25, 0.3) is 0 Å². The minimum atomic E-state index is -0.0478. The van der Waals surface area contributed by atoms with Gasteiger partial charge in [0.05, 0.1) is 11.4 Å². The van der Waals surface area contributed by atoms with E-state index in [4.69, 9.17) is 11.6 Å². The monoisotopic (exact) mass is 406 g/mol. The lowest BCUT2D eigenvalue weighted by molar-refractivity contribution is 0.203. The van der Waals surface area contributed by atoms with Gasteiger partial charge in [0.2, 0.25) is 0 Å². The van der Waals surface area contributed by atoms with Gasteiger partial charge in [0.25, 0.3) is 0 Å². The molecule has 0 aliphatic rings. The van der Waals surface area contributed by atoms with E-state index in [1.807, 2.05) is 78.6 Å². The molecule has 0 bridgehead atoms. The Labute approximate surface area is 178 Å². The zero-order valence-corrected chi connectivity index (χ0v) is 17.8. The Hall–Kier alpha value is -2.78. The molecule has 0 radical (unpaired) electrons. The number of hydrogen-bond donors (Lipinski definition) is 0. The van der Waals surface area contributed by atoms with Gasteiger partial charge in [0, 0.05) is 18.1 Å². The molecular weight excluding hydrogens is 380 g/mol.